The lowest BCUT2D eigenvalue weighted by Crippen LogP contribution is -3.13. The van der Waals surface area contributed by atoms with Crippen molar-refractivity contribution in [2.45, 2.75) is 20.0 Å². The minimum atomic E-state index is -3.06. The van der Waals surface area contributed by atoms with Crippen LogP contribution < -0.4 is 4.90 Å². The molecular weight excluding hydrogens is 346 g/mol. The fourth-order valence-corrected chi connectivity index (χ4v) is 5.00. The van der Waals surface area contributed by atoms with Gasteiger partial charge < -0.3 is 9.47 Å². The predicted molar refractivity (Wildman–Crippen MR) is 106 cm³/mol. The average molecular weight is 373 g/mol. The number of aryl methyl sites for hydroxylation is 1. The summed E-state index contributed by atoms with van der Waals surface area (Å²) in [5.41, 5.74) is 3.89. The average Bonchev–Trinajstić information content (AvgIpc) is 2.94. The minimum absolute atomic E-state index is 0.617. The molecule has 0 unspecified atom stereocenters. The van der Waals surface area contributed by atoms with Gasteiger partial charge in [0, 0.05) is 33.9 Å². The third-order valence-corrected chi connectivity index (χ3v) is 6.81. The van der Waals surface area contributed by atoms with E-state index in [1.807, 2.05) is 0 Å². The fraction of sp³-hybridized carbons (Fsp3) is 0.400. The van der Waals surface area contributed by atoms with Crippen LogP contribution in [0.25, 0.3) is 21.8 Å². The van der Waals surface area contributed by atoms with Crippen LogP contribution in [0.1, 0.15) is 12.5 Å². The highest BCUT2D eigenvalue weighted by Gasteiger charge is 2.26. The summed E-state index contributed by atoms with van der Waals surface area (Å²) in [5, 5.41) is 2.62. The van der Waals surface area contributed by atoms with Gasteiger partial charge in [-0.25, -0.2) is 8.42 Å². The Kier molecular flexibility index (Phi) is 4.50. The topological polar surface area (TPSA) is 46.8 Å². The molecule has 0 amide bonds. The van der Waals surface area contributed by atoms with Crippen molar-refractivity contribution < 1.29 is 13.3 Å². The second kappa shape index (κ2) is 6.68. The molecule has 5 nitrogen and oxygen atoms in total. The summed E-state index contributed by atoms with van der Waals surface area (Å²) in [5.74, 6) is 0. The molecule has 1 aliphatic heterocycles. The van der Waals surface area contributed by atoms with Crippen LogP contribution in [-0.2, 0) is 23.1 Å². The number of piperazine rings is 1. The van der Waals surface area contributed by atoms with Gasteiger partial charge >= 0.3 is 0 Å². The molecule has 0 aliphatic carbocycles. The summed E-state index contributed by atoms with van der Waals surface area (Å²) in [6.45, 7) is 7.05. The second-order valence-corrected chi connectivity index (χ2v) is 9.18. The Balaban J connectivity index is 1.60. The van der Waals surface area contributed by atoms with Crippen LogP contribution in [0.4, 0.5) is 0 Å². The summed E-state index contributed by atoms with van der Waals surface area (Å²) in [6, 6.07) is 15.4. The number of hydrogen-bond donors (Lipinski definition) is 1. The van der Waals surface area contributed by atoms with E-state index in [0.29, 0.717) is 13.1 Å². The van der Waals surface area contributed by atoms with Crippen molar-refractivity contribution in [1.82, 2.24) is 8.87 Å². The van der Waals surface area contributed by atoms with Gasteiger partial charge in [-0.3, -0.25) is 0 Å². The highest BCUT2D eigenvalue weighted by atomic mass is 32.2. The van der Waals surface area contributed by atoms with Crippen LogP contribution in [0.3, 0.4) is 0 Å². The summed E-state index contributed by atoms with van der Waals surface area (Å²) < 4.78 is 27.3. The molecule has 3 aromatic rings. The number of nitrogens with zero attached hydrogens (tertiary/aromatic N) is 2. The maximum atomic E-state index is 11.7. The van der Waals surface area contributed by atoms with E-state index in [0.717, 1.165) is 26.2 Å². The van der Waals surface area contributed by atoms with Crippen molar-refractivity contribution in [2.75, 3.05) is 32.4 Å². The van der Waals surface area contributed by atoms with E-state index in [4.69, 9.17) is 0 Å². The zero-order valence-corrected chi connectivity index (χ0v) is 16.2. The van der Waals surface area contributed by atoms with Gasteiger partial charge in [-0.2, -0.15) is 4.31 Å². The van der Waals surface area contributed by atoms with Crippen LogP contribution >= 0.6 is 0 Å². The van der Waals surface area contributed by atoms with Gasteiger partial charge in [-0.1, -0.05) is 24.3 Å². The zero-order chi connectivity index (χ0) is 18.3. The molecule has 1 saturated heterocycles. The van der Waals surface area contributed by atoms with E-state index in [1.54, 1.807) is 4.31 Å². The summed E-state index contributed by atoms with van der Waals surface area (Å²) in [6.07, 6.45) is 1.30. The van der Waals surface area contributed by atoms with E-state index in [-0.39, 0.29) is 0 Å². The molecule has 0 spiro atoms. The van der Waals surface area contributed by atoms with Crippen molar-refractivity contribution in [1.29, 1.82) is 0 Å². The lowest BCUT2D eigenvalue weighted by molar-refractivity contribution is -0.917. The molecule has 1 aliphatic rings. The second-order valence-electron chi connectivity index (χ2n) is 7.20. The van der Waals surface area contributed by atoms with Crippen molar-refractivity contribution >= 4 is 31.8 Å². The number of fused-ring (bicyclic) bond motifs is 3. The molecule has 0 bridgehead atoms. The Morgan fingerprint density at radius 2 is 1.69 bits per heavy atom. The first-order chi connectivity index (χ1) is 12.5. The van der Waals surface area contributed by atoms with Crippen molar-refractivity contribution in [3.05, 3.63) is 48.0 Å². The largest absolute Gasteiger partial charge is 0.341 e. The standard InChI is InChI=1S/C20H25N3O2S/c1-3-23-19-7-5-4-6-17(19)18-14-16(8-9-20(18)23)15-21-10-12-22(13-11-21)26(2,24)25/h4-9,14H,3,10-13,15H2,1-2H3/p+1. The number of rotatable bonds is 4. The molecule has 4 rings (SSSR count). The quantitative estimate of drug-likeness (QED) is 0.754. The molecule has 6 heteroatoms. The third kappa shape index (κ3) is 3.13. The molecule has 1 N–H and O–H groups in total. The van der Waals surface area contributed by atoms with Crippen LogP contribution in [-0.4, -0.2) is 49.7 Å². The van der Waals surface area contributed by atoms with Gasteiger partial charge in [-0.15, -0.1) is 0 Å². The number of para-hydroxylation sites is 1. The van der Waals surface area contributed by atoms with Gasteiger partial charge in [0.2, 0.25) is 10.0 Å². The molecule has 0 radical (unpaired) electrons. The SMILES string of the molecule is CCn1c2ccccc2c2cc(C[NH+]3CCN(S(C)(=O)=O)CC3)ccc21. The van der Waals surface area contributed by atoms with Gasteiger partial charge in [0.1, 0.15) is 6.54 Å². The number of quaternary nitrogens is 1. The van der Waals surface area contributed by atoms with Gasteiger partial charge in [0.25, 0.3) is 0 Å². The molecule has 1 fully saturated rings. The van der Waals surface area contributed by atoms with E-state index >= 15 is 0 Å². The van der Waals surface area contributed by atoms with Crippen LogP contribution in [0.5, 0.6) is 0 Å². The normalized spacial score (nSPS) is 17.3. The first-order valence-electron chi connectivity index (χ1n) is 9.26. The minimum Gasteiger partial charge on any atom is -0.341 e. The summed E-state index contributed by atoms with van der Waals surface area (Å²) >= 11 is 0. The summed E-state index contributed by atoms with van der Waals surface area (Å²) in [4.78, 5) is 1.45. The molecule has 0 saturated carbocycles. The number of sulfonamides is 1. The molecular formula is C20H26N3O2S+. The van der Waals surface area contributed by atoms with Crippen molar-refractivity contribution in [3.63, 3.8) is 0 Å². The maximum absolute atomic E-state index is 11.7. The molecule has 0 atom stereocenters. The van der Waals surface area contributed by atoms with Gasteiger partial charge in [0.05, 0.1) is 32.4 Å². The van der Waals surface area contributed by atoms with E-state index in [9.17, 15) is 8.42 Å². The number of nitrogens with one attached hydrogen (secondary N) is 1. The lowest BCUT2D eigenvalue weighted by atomic mass is 10.1. The number of benzene rings is 2. The Hall–Kier alpha value is -1.89. The van der Waals surface area contributed by atoms with E-state index < -0.39 is 10.0 Å². The van der Waals surface area contributed by atoms with Crippen molar-refractivity contribution in [3.8, 4) is 0 Å². The van der Waals surface area contributed by atoms with Crippen LogP contribution in [0, 0.1) is 0 Å². The van der Waals surface area contributed by atoms with E-state index in [2.05, 4.69) is 54.0 Å². The molecule has 2 aromatic carbocycles. The Labute approximate surface area is 154 Å². The predicted octanol–water partition coefficient (Wildman–Crippen LogP) is 1.47. The smallest absolute Gasteiger partial charge is 0.211 e. The maximum Gasteiger partial charge on any atom is 0.211 e. The number of aromatic nitrogens is 1. The highest BCUT2D eigenvalue weighted by molar-refractivity contribution is 7.88. The zero-order valence-electron chi connectivity index (χ0n) is 15.4. The molecule has 138 valence electrons. The first kappa shape index (κ1) is 17.5. The first-order valence-corrected chi connectivity index (χ1v) is 11.1. The Morgan fingerprint density at radius 1 is 1.00 bits per heavy atom. The van der Waals surface area contributed by atoms with Gasteiger partial charge in [0.15, 0.2) is 0 Å². The molecule has 26 heavy (non-hydrogen) atoms. The van der Waals surface area contributed by atoms with Crippen LogP contribution in [0.15, 0.2) is 42.5 Å². The Morgan fingerprint density at radius 3 is 2.38 bits per heavy atom. The highest BCUT2D eigenvalue weighted by Crippen LogP contribution is 2.29. The lowest BCUT2D eigenvalue weighted by Gasteiger charge is -2.30. The fourth-order valence-electron chi connectivity index (χ4n) is 4.15. The van der Waals surface area contributed by atoms with Crippen molar-refractivity contribution in [2.24, 2.45) is 0 Å². The molecule has 2 heterocycles. The summed E-state index contributed by atoms with van der Waals surface area (Å²) in [7, 11) is -3.06. The number of hydrogen-bond acceptors (Lipinski definition) is 2. The van der Waals surface area contributed by atoms with Gasteiger partial charge in [-0.05, 0) is 25.1 Å². The molecule has 1 aromatic heterocycles. The Bertz CT molecular complexity index is 1050. The van der Waals surface area contributed by atoms with Crippen LogP contribution in [0.2, 0.25) is 0 Å². The van der Waals surface area contributed by atoms with E-state index in [1.165, 1.54) is 38.5 Å². The monoisotopic (exact) mass is 372 g/mol. The third-order valence-electron chi connectivity index (χ3n) is 5.51.